The van der Waals surface area contributed by atoms with Crippen molar-refractivity contribution in [3.05, 3.63) is 47.5 Å². The van der Waals surface area contributed by atoms with Crippen LogP contribution in [0.4, 0.5) is 0 Å². The SMILES string of the molecule is CCOc1c(OC)cc(CCNCc2ccccc2OC)cc1OC. The van der Waals surface area contributed by atoms with Gasteiger partial charge in [-0.25, -0.2) is 0 Å². The molecule has 1 N–H and O–H groups in total. The van der Waals surface area contributed by atoms with E-state index in [9.17, 15) is 0 Å². The smallest absolute Gasteiger partial charge is 0.203 e. The van der Waals surface area contributed by atoms with E-state index in [-0.39, 0.29) is 0 Å². The van der Waals surface area contributed by atoms with E-state index in [2.05, 4.69) is 11.4 Å². The van der Waals surface area contributed by atoms with Crippen LogP contribution in [0, 0.1) is 0 Å². The van der Waals surface area contributed by atoms with Crippen molar-refractivity contribution in [3.8, 4) is 23.0 Å². The molecule has 0 unspecified atom stereocenters. The third-order valence-electron chi connectivity index (χ3n) is 3.91. The molecule has 0 heterocycles. The molecular formula is C20H27NO4. The second-order valence-corrected chi connectivity index (χ2v) is 5.50. The van der Waals surface area contributed by atoms with Crippen molar-refractivity contribution in [1.29, 1.82) is 0 Å². The second-order valence-electron chi connectivity index (χ2n) is 5.50. The number of benzene rings is 2. The molecule has 2 rings (SSSR count). The van der Waals surface area contributed by atoms with Crippen molar-refractivity contribution in [2.24, 2.45) is 0 Å². The van der Waals surface area contributed by atoms with E-state index in [1.807, 2.05) is 37.3 Å². The lowest BCUT2D eigenvalue weighted by molar-refractivity contribution is 0.288. The van der Waals surface area contributed by atoms with Gasteiger partial charge in [0.25, 0.3) is 0 Å². The van der Waals surface area contributed by atoms with Crippen LogP contribution in [0.3, 0.4) is 0 Å². The Morgan fingerprint density at radius 3 is 2.12 bits per heavy atom. The molecule has 5 nitrogen and oxygen atoms in total. The van der Waals surface area contributed by atoms with E-state index in [0.717, 1.165) is 36.4 Å². The maximum absolute atomic E-state index is 5.63. The molecule has 25 heavy (non-hydrogen) atoms. The van der Waals surface area contributed by atoms with Crippen molar-refractivity contribution >= 4 is 0 Å². The number of rotatable bonds is 10. The quantitative estimate of drug-likeness (QED) is 0.669. The molecule has 5 heteroatoms. The summed E-state index contributed by atoms with van der Waals surface area (Å²) in [5, 5.41) is 3.45. The number of methoxy groups -OCH3 is 3. The van der Waals surface area contributed by atoms with E-state index < -0.39 is 0 Å². The minimum Gasteiger partial charge on any atom is -0.496 e. The van der Waals surface area contributed by atoms with Crippen molar-refractivity contribution in [1.82, 2.24) is 5.32 Å². The van der Waals surface area contributed by atoms with Crippen molar-refractivity contribution in [2.45, 2.75) is 19.9 Å². The molecule has 0 amide bonds. The van der Waals surface area contributed by atoms with E-state index in [4.69, 9.17) is 18.9 Å². The predicted octanol–water partition coefficient (Wildman–Crippen LogP) is 3.44. The van der Waals surface area contributed by atoms with Crippen molar-refractivity contribution < 1.29 is 18.9 Å². The van der Waals surface area contributed by atoms with E-state index in [1.54, 1.807) is 21.3 Å². The van der Waals surface area contributed by atoms with E-state index in [1.165, 1.54) is 0 Å². The summed E-state index contributed by atoms with van der Waals surface area (Å²) in [6.45, 7) is 4.09. The van der Waals surface area contributed by atoms with E-state index in [0.29, 0.717) is 23.9 Å². The van der Waals surface area contributed by atoms with Gasteiger partial charge in [0.1, 0.15) is 5.75 Å². The lowest BCUT2D eigenvalue weighted by Crippen LogP contribution is -2.17. The first kappa shape index (κ1) is 18.9. The van der Waals surface area contributed by atoms with Crippen LogP contribution in [0.1, 0.15) is 18.1 Å². The van der Waals surface area contributed by atoms with Gasteiger partial charge in [0.05, 0.1) is 27.9 Å². The van der Waals surface area contributed by atoms with Crippen molar-refractivity contribution in [3.63, 3.8) is 0 Å². The molecule has 136 valence electrons. The maximum atomic E-state index is 5.63. The molecule has 0 fully saturated rings. The number of para-hydroxylation sites is 1. The lowest BCUT2D eigenvalue weighted by atomic mass is 10.1. The maximum Gasteiger partial charge on any atom is 0.203 e. The summed E-state index contributed by atoms with van der Waals surface area (Å²) in [5.74, 6) is 2.94. The Hall–Kier alpha value is -2.40. The number of hydrogen-bond donors (Lipinski definition) is 1. The molecular weight excluding hydrogens is 318 g/mol. The summed E-state index contributed by atoms with van der Waals surface area (Å²) in [4.78, 5) is 0. The molecule has 2 aromatic rings. The van der Waals surface area contributed by atoms with Crippen LogP contribution in [0.2, 0.25) is 0 Å². The molecule has 0 bridgehead atoms. The summed E-state index contributed by atoms with van der Waals surface area (Å²) in [7, 11) is 4.97. The molecule has 0 aliphatic carbocycles. The molecule has 0 saturated carbocycles. The standard InChI is InChI=1S/C20H27NO4/c1-5-25-20-18(23-3)12-15(13-19(20)24-4)10-11-21-14-16-8-6-7-9-17(16)22-2/h6-9,12-13,21H,5,10-11,14H2,1-4H3. The first-order valence-corrected chi connectivity index (χ1v) is 8.43. The average molecular weight is 345 g/mol. The van der Waals surface area contributed by atoms with Gasteiger partial charge in [-0.3, -0.25) is 0 Å². The third-order valence-corrected chi connectivity index (χ3v) is 3.91. The first-order chi connectivity index (χ1) is 12.2. The van der Waals surface area contributed by atoms with Gasteiger partial charge >= 0.3 is 0 Å². The van der Waals surface area contributed by atoms with Crippen LogP contribution in [0.15, 0.2) is 36.4 Å². The lowest BCUT2D eigenvalue weighted by Gasteiger charge is -2.15. The summed E-state index contributed by atoms with van der Waals surface area (Å²) < 4.78 is 21.9. The topological polar surface area (TPSA) is 49.0 Å². The largest absolute Gasteiger partial charge is 0.496 e. The van der Waals surface area contributed by atoms with Gasteiger partial charge in [0.2, 0.25) is 5.75 Å². The zero-order valence-electron chi connectivity index (χ0n) is 15.4. The fourth-order valence-electron chi connectivity index (χ4n) is 2.67. The van der Waals surface area contributed by atoms with Gasteiger partial charge in [0, 0.05) is 12.1 Å². The normalized spacial score (nSPS) is 10.4. The van der Waals surface area contributed by atoms with Crippen LogP contribution < -0.4 is 24.3 Å². The Labute approximate surface area is 149 Å². The minimum atomic E-state index is 0.562. The summed E-state index contributed by atoms with van der Waals surface area (Å²) >= 11 is 0. The highest BCUT2D eigenvalue weighted by Gasteiger charge is 2.13. The van der Waals surface area contributed by atoms with Crippen molar-refractivity contribution in [2.75, 3.05) is 34.5 Å². The molecule has 0 aliphatic rings. The average Bonchev–Trinajstić information content (AvgIpc) is 2.66. The molecule has 2 aromatic carbocycles. The van der Waals surface area contributed by atoms with Gasteiger partial charge in [-0.1, -0.05) is 18.2 Å². The Bertz CT molecular complexity index is 647. The number of nitrogens with one attached hydrogen (secondary N) is 1. The fourth-order valence-corrected chi connectivity index (χ4v) is 2.67. The Morgan fingerprint density at radius 2 is 1.52 bits per heavy atom. The van der Waals surface area contributed by atoms with Crippen LogP contribution in [-0.4, -0.2) is 34.5 Å². The Balaban J connectivity index is 1.98. The zero-order chi connectivity index (χ0) is 18.1. The molecule has 0 aliphatic heterocycles. The second kappa shape index (κ2) is 9.79. The molecule has 0 radical (unpaired) electrons. The van der Waals surface area contributed by atoms with Gasteiger partial charge in [-0.15, -0.1) is 0 Å². The van der Waals surface area contributed by atoms with Crippen LogP contribution in [0.5, 0.6) is 23.0 Å². The number of ether oxygens (including phenoxy) is 4. The zero-order valence-corrected chi connectivity index (χ0v) is 15.4. The van der Waals surface area contributed by atoms with Crippen LogP contribution in [0.25, 0.3) is 0 Å². The molecule has 0 spiro atoms. The molecule has 0 atom stereocenters. The van der Waals surface area contributed by atoms with Gasteiger partial charge in [-0.2, -0.15) is 0 Å². The highest BCUT2D eigenvalue weighted by Crippen LogP contribution is 2.38. The highest BCUT2D eigenvalue weighted by molar-refractivity contribution is 5.54. The summed E-state index contributed by atoms with van der Waals surface area (Å²) in [6, 6.07) is 12.0. The van der Waals surface area contributed by atoms with Crippen LogP contribution >= 0.6 is 0 Å². The first-order valence-electron chi connectivity index (χ1n) is 8.43. The Morgan fingerprint density at radius 1 is 0.880 bits per heavy atom. The highest BCUT2D eigenvalue weighted by atomic mass is 16.5. The summed E-state index contributed by atoms with van der Waals surface area (Å²) in [6.07, 6.45) is 0.855. The predicted molar refractivity (Wildman–Crippen MR) is 99.1 cm³/mol. The summed E-state index contributed by atoms with van der Waals surface area (Å²) in [5.41, 5.74) is 2.27. The fraction of sp³-hybridized carbons (Fsp3) is 0.400. The minimum absolute atomic E-state index is 0.562. The third kappa shape index (κ3) is 5.03. The Kier molecular flexibility index (Phi) is 7.41. The van der Waals surface area contributed by atoms with Gasteiger partial charge in [-0.05, 0) is 43.7 Å². The molecule has 0 aromatic heterocycles. The van der Waals surface area contributed by atoms with Gasteiger partial charge < -0.3 is 24.3 Å². The van der Waals surface area contributed by atoms with Crippen LogP contribution in [-0.2, 0) is 13.0 Å². The monoisotopic (exact) mass is 345 g/mol. The number of hydrogen-bond acceptors (Lipinski definition) is 5. The molecule has 0 saturated heterocycles. The van der Waals surface area contributed by atoms with Gasteiger partial charge in [0.15, 0.2) is 11.5 Å². The van der Waals surface area contributed by atoms with E-state index >= 15 is 0 Å².